The van der Waals surface area contributed by atoms with Crippen molar-refractivity contribution in [1.82, 2.24) is 0 Å². The third-order valence-corrected chi connectivity index (χ3v) is 3.03. The summed E-state index contributed by atoms with van der Waals surface area (Å²) in [7, 11) is 0. The first-order valence-electron chi connectivity index (χ1n) is 5.61. The van der Waals surface area contributed by atoms with Crippen LogP contribution in [0.1, 0.15) is 22.8 Å². The molecule has 92 valence electrons. The first-order valence-corrected chi connectivity index (χ1v) is 5.99. The number of carbonyl (C=O) groups is 1. The number of benzene rings is 2. The highest BCUT2D eigenvalue weighted by atomic mass is 35.5. The molecule has 0 atom stereocenters. The highest BCUT2D eigenvalue weighted by Crippen LogP contribution is 2.26. The first-order chi connectivity index (χ1) is 8.56. The molecule has 0 bridgehead atoms. The monoisotopic (exact) mass is 260 g/mol. The summed E-state index contributed by atoms with van der Waals surface area (Å²) in [6.07, 6.45) is 0. The number of hydrogen-bond acceptors (Lipinski definition) is 2. The van der Waals surface area contributed by atoms with E-state index in [0.717, 1.165) is 5.56 Å². The van der Waals surface area contributed by atoms with E-state index in [9.17, 15) is 4.79 Å². The van der Waals surface area contributed by atoms with E-state index in [1.54, 1.807) is 30.3 Å². The molecule has 0 saturated heterocycles. The number of ether oxygens (including phenoxy) is 1. The van der Waals surface area contributed by atoms with Crippen LogP contribution in [0.3, 0.4) is 0 Å². The molecular formula is C15H13ClO2. The van der Waals surface area contributed by atoms with Gasteiger partial charge in [0.25, 0.3) is 0 Å². The van der Waals surface area contributed by atoms with Crippen LogP contribution in [0.25, 0.3) is 0 Å². The molecule has 0 aliphatic rings. The van der Waals surface area contributed by atoms with E-state index in [1.807, 2.05) is 19.1 Å². The van der Waals surface area contributed by atoms with Crippen molar-refractivity contribution in [3.63, 3.8) is 0 Å². The number of hydrogen-bond donors (Lipinski definition) is 0. The normalized spacial score (nSPS) is 10.2. The summed E-state index contributed by atoms with van der Waals surface area (Å²) in [6, 6.07) is 12.6. The van der Waals surface area contributed by atoms with Crippen molar-refractivity contribution in [3.8, 4) is 11.5 Å². The fourth-order valence-corrected chi connectivity index (χ4v) is 1.71. The van der Waals surface area contributed by atoms with Crippen molar-refractivity contribution in [2.24, 2.45) is 0 Å². The van der Waals surface area contributed by atoms with Gasteiger partial charge in [-0.25, -0.2) is 0 Å². The Hall–Kier alpha value is -1.80. The van der Waals surface area contributed by atoms with Gasteiger partial charge in [0.05, 0.1) is 0 Å². The molecule has 2 rings (SSSR count). The Morgan fingerprint density at radius 2 is 1.83 bits per heavy atom. The predicted octanol–water partition coefficient (Wildman–Crippen LogP) is 4.64. The number of carbonyl (C=O) groups excluding carboxylic acids is 1. The van der Waals surface area contributed by atoms with Crippen molar-refractivity contribution >= 4 is 17.4 Å². The topological polar surface area (TPSA) is 26.3 Å². The van der Waals surface area contributed by atoms with Crippen molar-refractivity contribution in [1.29, 1.82) is 0 Å². The van der Waals surface area contributed by atoms with Gasteiger partial charge in [0.1, 0.15) is 11.5 Å². The summed E-state index contributed by atoms with van der Waals surface area (Å²) in [5.74, 6) is 1.37. The van der Waals surface area contributed by atoms with Crippen LogP contribution in [0.2, 0.25) is 5.02 Å². The Labute approximate surface area is 111 Å². The van der Waals surface area contributed by atoms with Crippen LogP contribution in [-0.4, -0.2) is 5.78 Å². The number of halogens is 1. The van der Waals surface area contributed by atoms with Gasteiger partial charge >= 0.3 is 0 Å². The molecule has 3 heteroatoms. The highest BCUT2D eigenvalue weighted by molar-refractivity contribution is 6.31. The number of ketones is 1. The lowest BCUT2D eigenvalue weighted by Gasteiger charge is -2.08. The molecule has 0 aliphatic heterocycles. The van der Waals surface area contributed by atoms with Crippen LogP contribution >= 0.6 is 11.6 Å². The van der Waals surface area contributed by atoms with Crippen LogP contribution in [0, 0.1) is 6.92 Å². The van der Waals surface area contributed by atoms with Gasteiger partial charge in [0, 0.05) is 10.6 Å². The fourth-order valence-electron chi connectivity index (χ4n) is 1.60. The van der Waals surface area contributed by atoms with Crippen molar-refractivity contribution in [2.75, 3.05) is 0 Å². The van der Waals surface area contributed by atoms with Gasteiger partial charge in [-0.05, 0) is 49.7 Å². The summed E-state index contributed by atoms with van der Waals surface area (Å²) in [6.45, 7) is 3.45. The number of aryl methyl sites for hydroxylation is 1. The zero-order valence-electron chi connectivity index (χ0n) is 10.2. The Balaban J connectivity index is 2.25. The third kappa shape index (κ3) is 2.90. The molecule has 0 aromatic heterocycles. The molecule has 0 heterocycles. The SMILES string of the molecule is CC(=O)c1cccc(Oc2ccc(Cl)c(C)c2)c1. The smallest absolute Gasteiger partial charge is 0.159 e. The van der Waals surface area contributed by atoms with E-state index in [0.29, 0.717) is 22.1 Å². The third-order valence-electron chi connectivity index (χ3n) is 2.61. The molecule has 0 radical (unpaired) electrons. The van der Waals surface area contributed by atoms with Gasteiger partial charge < -0.3 is 4.74 Å². The molecule has 0 unspecified atom stereocenters. The van der Waals surface area contributed by atoms with Crippen molar-refractivity contribution < 1.29 is 9.53 Å². The largest absolute Gasteiger partial charge is 0.457 e. The molecule has 0 fully saturated rings. The maximum Gasteiger partial charge on any atom is 0.159 e. The summed E-state index contributed by atoms with van der Waals surface area (Å²) in [5, 5.41) is 0.708. The second-order valence-electron chi connectivity index (χ2n) is 4.10. The molecule has 0 aliphatic carbocycles. The van der Waals surface area contributed by atoms with Crippen LogP contribution in [-0.2, 0) is 0 Å². The van der Waals surface area contributed by atoms with Gasteiger partial charge in [0.2, 0.25) is 0 Å². The van der Waals surface area contributed by atoms with Gasteiger partial charge in [-0.1, -0.05) is 23.7 Å². The average molecular weight is 261 g/mol. The van der Waals surface area contributed by atoms with Gasteiger partial charge in [-0.2, -0.15) is 0 Å². The van der Waals surface area contributed by atoms with Gasteiger partial charge in [-0.15, -0.1) is 0 Å². The average Bonchev–Trinajstić information content (AvgIpc) is 2.34. The predicted molar refractivity (Wildman–Crippen MR) is 72.7 cm³/mol. The maximum atomic E-state index is 11.3. The molecule has 2 nitrogen and oxygen atoms in total. The second kappa shape index (κ2) is 5.23. The molecule has 2 aromatic carbocycles. The van der Waals surface area contributed by atoms with E-state index in [4.69, 9.17) is 16.3 Å². The van der Waals surface area contributed by atoms with Crippen LogP contribution in [0.5, 0.6) is 11.5 Å². The molecule has 0 N–H and O–H groups in total. The van der Waals surface area contributed by atoms with E-state index in [-0.39, 0.29) is 5.78 Å². The van der Waals surface area contributed by atoms with Crippen LogP contribution in [0.15, 0.2) is 42.5 Å². The molecule has 0 amide bonds. The highest BCUT2D eigenvalue weighted by Gasteiger charge is 2.03. The molecule has 18 heavy (non-hydrogen) atoms. The Morgan fingerprint density at radius 1 is 1.11 bits per heavy atom. The van der Waals surface area contributed by atoms with Crippen molar-refractivity contribution in [3.05, 3.63) is 58.6 Å². The summed E-state index contributed by atoms with van der Waals surface area (Å²) in [4.78, 5) is 11.3. The minimum atomic E-state index is 0.0211. The van der Waals surface area contributed by atoms with E-state index in [2.05, 4.69) is 0 Å². The van der Waals surface area contributed by atoms with Gasteiger partial charge in [-0.3, -0.25) is 4.79 Å². The first kappa shape index (κ1) is 12.7. The van der Waals surface area contributed by atoms with Crippen LogP contribution < -0.4 is 4.74 Å². The lowest BCUT2D eigenvalue weighted by Crippen LogP contribution is -1.92. The fraction of sp³-hybridized carbons (Fsp3) is 0.133. The summed E-state index contributed by atoms with van der Waals surface area (Å²) < 4.78 is 5.69. The lowest BCUT2D eigenvalue weighted by molar-refractivity contribution is 0.101. The maximum absolute atomic E-state index is 11.3. The molecular weight excluding hydrogens is 248 g/mol. The van der Waals surface area contributed by atoms with E-state index >= 15 is 0 Å². The lowest BCUT2D eigenvalue weighted by atomic mass is 10.1. The standard InChI is InChI=1S/C15H13ClO2/c1-10-8-14(6-7-15(10)16)18-13-5-3-4-12(9-13)11(2)17/h3-9H,1-2H3. The quantitative estimate of drug-likeness (QED) is 0.752. The van der Waals surface area contributed by atoms with E-state index < -0.39 is 0 Å². The molecule has 0 spiro atoms. The zero-order valence-corrected chi connectivity index (χ0v) is 11.0. The number of Topliss-reactive ketones (excluding diaryl/α,β-unsaturated/α-hetero) is 1. The van der Waals surface area contributed by atoms with Gasteiger partial charge in [0.15, 0.2) is 5.78 Å². The number of rotatable bonds is 3. The second-order valence-corrected chi connectivity index (χ2v) is 4.50. The van der Waals surface area contributed by atoms with E-state index in [1.165, 1.54) is 6.92 Å². The Morgan fingerprint density at radius 3 is 2.50 bits per heavy atom. The minimum Gasteiger partial charge on any atom is -0.457 e. The summed E-state index contributed by atoms with van der Waals surface area (Å²) >= 11 is 5.95. The minimum absolute atomic E-state index is 0.0211. The molecule has 0 saturated carbocycles. The van der Waals surface area contributed by atoms with Crippen molar-refractivity contribution in [2.45, 2.75) is 13.8 Å². The Bertz CT molecular complexity index is 591. The van der Waals surface area contributed by atoms with Crippen LogP contribution in [0.4, 0.5) is 0 Å². The molecule has 2 aromatic rings. The summed E-state index contributed by atoms with van der Waals surface area (Å²) in [5.41, 5.74) is 1.59. The Kier molecular flexibility index (Phi) is 3.68. The zero-order chi connectivity index (χ0) is 13.1.